The van der Waals surface area contributed by atoms with Crippen LogP contribution in [0.3, 0.4) is 0 Å². The average Bonchev–Trinajstić information content (AvgIpc) is 3.13. The van der Waals surface area contributed by atoms with Crippen LogP contribution in [0.15, 0.2) is 66.8 Å². The largest absolute Gasteiger partial charge is 0.0879 e. The molecule has 0 heteroatoms. The standard InChI is InChI=1S/C28H26/c1-18-12-13-21-23(16-18)25(19-10-6-7-11-19)22-14-15-28(2)17-24(28)27(22)26(21)20-8-4-3-5-9-20/h3-6,8-10,12-16,19,24H,7,11,17H2,1-2H3. The summed E-state index contributed by atoms with van der Waals surface area (Å²) in [4.78, 5) is 0. The van der Waals surface area contributed by atoms with Gasteiger partial charge in [0.1, 0.15) is 0 Å². The third-order valence-electron chi connectivity index (χ3n) is 7.29. The second kappa shape index (κ2) is 5.70. The molecule has 3 atom stereocenters. The summed E-state index contributed by atoms with van der Waals surface area (Å²) in [6.07, 6.45) is 13.5. The lowest BCUT2D eigenvalue weighted by Gasteiger charge is -2.27. The molecule has 138 valence electrons. The van der Waals surface area contributed by atoms with Crippen molar-refractivity contribution in [1.82, 2.24) is 0 Å². The summed E-state index contributed by atoms with van der Waals surface area (Å²) in [7, 11) is 0. The Morgan fingerprint density at radius 1 is 0.964 bits per heavy atom. The molecule has 3 unspecified atom stereocenters. The van der Waals surface area contributed by atoms with Crippen molar-refractivity contribution >= 4 is 16.8 Å². The van der Waals surface area contributed by atoms with Gasteiger partial charge < -0.3 is 0 Å². The van der Waals surface area contributed by atoms with E-state index in [0.29, 0.717) is 17.3 Å². The zero-order chi connectivity index (χ0) is 18.9. The van der Waals surface area contributed by atoms with Crippen LogP contribution < -0.4 is 0 Å². The molecule has 6 rings (SSSR count). The molecule has 3 aliphatic carbocycles. The highest BCUT2D eigenvalue weighted by molar-refractivity contribution is 6.04. The van der Waals surface area contributed by atoms with Crippen molar-refractivity contribution < 1.29 is 0 Å². The van der Waals surface area contributed by atoms with Crippen molar-refractivity contribution in [1.29, 1.82) is 0 Å². The topological polar surface area (TPSA) is 0 Å². The molecular formula is C28H26. The first-order valence-corrected chi connectivity index (χ1v) is 10.7. The maximum atomic E-state index is 2.50. The lowest BCUT2D eigenvalue weighted by atomic mass is 9.76. The molecule has 0 radical (unpaired) electrons. The lowest BCUT2D eigenvalue weighted by molar-refractivity contribution is 0.704. The molecule has 1 fully saturated rings. The predicted octanol–water partition coefficient (Wildman–Crippen LogP) is 7.77. The Balaban J connectivity index is 1.78. The number of hydrogen-bond acceptors (Lipinski definition) is 0. The van der Waals surface area contributed by atoms with Crippen LogP contribution >= 0.6 is 0 Å². The molecule has 3 aromatic carbocycles. The van der Waals surface area contributed by atoms with Gasteiger partial charge in [0, 0.05) is 5.92 Å². The lowest BCUT2D eigenvalue weighted by Crippen LogP contribution is -2.09. The molecule has 0 aromatic heterocycles. The van der Waals surface area contributed by atoms with Crippen LogP contribution in [0.2, 0.25) is 0 Å². The summed E-state index contributed by atoms with van der Waals surface area (Å²) < 4.78 is 0. The Morgan fingerprint density at radius 3 is 2.61 bits per heavy atom. The van der Waals surface area contributed by atoms with Gasteiger partial charge in [-0.3, -0.25) is 0 Å². The average molecular weight is 363 g/mol. The number of aryl methyl sites for hydroxylation is 1. The molecule has 0 N–H and O–H groups in total. The summed E-state index contributed by atoms with van der Waals surface area (Å²) in [6, 6.07) is 18.2. The summed E-state index contributed by atoms with van der Waals surface area (Å²) >= 11 is 0. The molecular weight excluding hydrogens is 336 g/mol. The van der Waals surface area contributed by atoms with Gasteiger partial charge in [-0.1, -0.05) is 85.3 Å². The highest BCUT2D eigenvalue weighted by Gasteiger charge is 2.52. The minimum Gasteiger partial charge on any atom is -0.0879 e. The van der Waals surface area contributed by atoms with E-state index >= 15 is 0 Å². The molecule has 0 nitrogen and oxygen atoms in total. The Labute approximate surface area is 167 Å². The van der Waals surface area contributed by atoms with Crippen molar-refractivity contribution in [3.05, 3.63) is 89.0 Å². The SMILES string of the molecule is Cc1ccc2c(-c3ccccc3)c3c(c(C4C=CCC4)c2c1)C=CC1(C)CC31. The molecule has 0 heterocycles. The molecule has 0 amide bonds. The van der Waals surface area contributed by atoms with E-state index in [1.54, 1.807) is 11.1 Å². The van der Waals surface area contributed by atoms with Crippen LogP contribution in [0.1, 0.15) is 60.3 Å². The molecule has 1 saturated carbocycles. The van der Waals surface area contributed by atoms with Crippen LogP contribution in [-0.4, -0.2) is 0 Å². The van der Waals surface area contributed by atoms with E-state index in [2.05, 4.69) is 86.7 Å². The first-order chi connectivity index (χ1) is 13.7. The van der Waals surface area contributed by atoms with Gasteiger partial charge in [-0.25, -0.2) is 0 Å². The summed E-state index contributed by atoms with van der Waals surface area (Å²) in [6.45, 7) is 4.66. The van der Waals surface area contributed by atoms with Gasteiger partial charge in [-0.15, -0.1) is 0 Å². The zero-order valence-corrected chi connectivity index (χ0v) is 16.7. The third kappa shape index (κ3) is 2.24. The van der Waals surface area contributed by atoms with Crippen molar-refractivity contribution in [2.24, 2.45) is 5.41 Å². The van der Waals surface area contributed by atoms with Gasteiger partial charge in [-0.2, -0.15) is 0 Å². The Hall–Kier alpha value is -2.60. The molecule has 3 aliphatic rings. The second-order valence-electron chi connectivity index (χ2n) is 9.24. The summed E-state index contributed by atoms with van der Waals surface area (Å²) in [5.41, 5.74) is 9.27. The molecule has 0 bridgehead atoms. The zero-order valence-electron chi connectivity index (χ0n) is 16.7. The van der Waals surface area contributed by atoms with E-state index in [-0.39, 0.29) is 0 Å². The van der Waals surface area contributed by atoms with Gasteiger partial charge in [-0.05, 0) is 76.1 Å². The Morgan fingerprint density at radius 2 is 1.82 bits per heavy atom. The minimum absolute atomic E-state index is 0.359. The number of benzene rings is 3. The molecule has 3 aromatic rings. The molecule has 28 heavy (non-hydrogen) atoms. The number of rotatable bonds is 2. The van der Waals surface area contributed by atoms with Crippen LogP contribution in [0, 0.1) is 12.3 Å². The summed E-state index contributed by atoms with van der Waals surface area (Å²) in [5, 5.41) is 2.90. The second-order valence-corrected chi connectivity index (χ2v) is 9.24. The van der Waals surface area contributed by atoms with Crippen LogP contribution in [0.25, 0.3) is 28.0 Å². The van der Waals surface area contributed by atoms with Gasteiger partial charge in [0.2, 0.25) is 0 Å². The summed E-state index contributed by atoms with van der Waals surface area (Å²) in [5.74, 6) is 1.22. The Kier molecular flexibility index (Phi) is 3.33. The Bertz CT molecular complexity index is 1160. The smallest absolute Gasteiger partial charge is 0.00331 e. The number of allylic oxidation sites excluding steroid dienone is 3. The fourth-order valence-corrected chi connectivity index (χ4v) is 5.67. The first-order valence-electron chi connectivity index (χ1n) is 10.7. The van der Waals surface area contributed by atoms with E-state index in [1.807, 2.05) is 0 Å². The van der Waals surface area contributed by atoms with Crippen LogP contribution in [-0.2, 0) is 0 Å². The third-order valence-corrected chi connectivity index (χ3v) is 7.29. The van der Waals surface area contributed by atoms with E-state index in [4.69, 9.17) is 0 Å². The normalized spacial score (nSPS) is 27.1. The van der Waals surface area contributed by atoms with Crippen LogP contribution in [0.4, 0.5) is 0 Å². The van der Waals surface area contributed by atoms with E-state index in [1.165, 1.54) is 52.3 Å². The van der Waals surface area contributed by atoms with Crippen molar-refractivity contribution in [3.63, 3.8) is 0 Å². The quantitative estimate of drug-likeness (QED) is 0.408. The van der Waals surface area contributed by atoms with E-state index in [0.717, 1.165) is 0 Å². The number of hydrogen-bond donors (Lipinski definition) is 0. The number of fused-ring (bicyclic) bond motifs is 4. The fourth-order valence-electron chi connectivity index (χ4n) is 5.67. The maximum Gasteiger partial charge on any atom is 0.00331 e. The first kappa shape index (κ1) is 16.4. The van der Waals surface area contributed by atoms with Gasteiger partial charge in [0.15, 0.2) is 0 Å². The maximum absolute atomic E-state index is 2.50. The van der Waals surface area contributed by atoms with Gasteiger partial charge in [0.25, 0.3) is 0 Å². The van der Waals surface area contributed by atoms with E-state index < -0.39 is 0 Å². The van der Waals surface area contributed by atoms with Gasteiger partial charge in [0.05, 0.1) is 0 Å². The highest BCUT2D eigenvalue weighted by Crippen LogP contribution is 2.66. The van der Waals surface area contributed by atoms with Crippen LogP contribution in [0.5, 0.6) is 0 Å². The minimum atomic E-state index is 0.359. The highest BCUT2D eigenvalue weighted by atomic mass is 14.6. The molecule has 0 aliphatic heterocycles. The van der Waals surface area contributed by atoms with Crippen molar-refractivity contribution in [2.75, 3.05) is 0 Å². The van der Waals surface area contributed by atoms with E-state index in [9.17, 15) is 0 Å². The van der Waals surface area contributed by atoms with Crippen molar-refractivity contribution in [2.45, 2.75) is 44.9 Å². The predicted molar refractivity (Wildman–Crippen MR) is 120 cm³/mol. The monoisotopic (exact) mass is 362 g/mol. The molecule has 0 saturated heterocycles. The van der Waals surface area contributed by atoms with Crippen molar-refractivity contribution in [3.8, 4) is 11.1 Å². The van der Waals surface area contributed by atoms with Gasteiger partial charge >= 0.3 is 0 Å². The fraction of sp³-hybridized carbons (Fsp3) is 0.286. The molecule has 0 spiro atoms.